The first-order valence-corrected chi connectivity index (χ1v) is 7.27. The van der Waals surface area contributed by atoms with Crippen molar-refractivity contribution in [2.24, 2.45) is 0 Å². The standard InChI is InChI=1S/C12H16Cl2O2S/c13-9-5-6-10(14)11(8-9)17-7-3-1-2-4-12(15)16/h5-6,8,12,15-16H,1-4,7H2. The highest BCUT2D eigenvalue weighted by Gasteiger charge is 2.02. The molecular formula is C12H16Cl2O2S. The van der Waals surface area contributed by atoms with E-state index in [2.05, 4.69) is 0 Å². The fourth-order valence-electron chi connectivity index (χ4n) is 1.38. The molecule has 0 unspecified atom stereocenters. The van der Waals surface area contributed by atoms with Crippen molar-refractivity contribution in [3.8, 4) is 0 Å². The van der Waals surface area contributed by atoms with E-state index in [1.165, 1.54) is 0 Å². The molecule has 1 aromatic carbocycles. The summed E-state index contributed by atoms with van der Waals surface area (Å²) in [6, 6.07) is 5.44. The highest BCUT2D eigenvalue weighted by atomic mass is 35.5. The number of aliphatic hydroxyl groups excluding tert-OH is 1. The number of rotatable bonds is 7. The van der Waals surface area contributed by atoms with Gasteiger partial charge in [-0.3, -0.25) is 0 Å². The van der Waals surface area contributed by atoms with Gasteiger partial charge in [0.25, 0.3) is 0 Å². The molecule has 2 nitrogen and oxygen atoms in total. The molecule has 0 spiro atoms. The Hall–Kier alpha value is 0.0700. The van der Waals surface area contributed by atoms with Gasteiger partial charge in [0.1, 0.15) is 0 Å². The minimum atomic E-state index is -1.18. The molecule has 1 rings (SSSR count). The molecule has 1 aromatic rings. The van der Waals surface area contributed by atoms with Crippen LogP contribution in [0.4, 0.5) is 0 Å². The molecule has 0 aromatic heterocycles. The van der Waals surface area contributed by atoms with Gasteiger partial charge in [-0.15, -0.1) is 11.8 Å². The summed E-state index contributed by atoms with van der Waals surface area (Å²) in [6.07, 6.45) is 2.12. The van der Waals surface area contributed by atoms with Crippen molar-refractivity contribution in [1.29, 1.82) is 0 Å². The van der Waals surface area contributed by atoms with Crippen molar-refractivity contribution in [1.82, 2.24) is 0 Å². The van der Waals surface area contributed by atoms with E-state index < -0.39 is 6.29 Å². The van der Waals surface area contributed by atoms with Crippen LogP contribution in [0.5, 0.6) is 0 Å². The average Bonchev–Trinajstić information content (AvgIpc) is 2.27. The van der Waals surface area contributed by atoms with Crippen LogP contribution in [0, 0.1) is 0 Å². The van der Waals surface area contributed by atoms with E-state index in [0.717, 1.165) is 34.9 Å². The van der Waals surface area contributed by atoms with Crippen molar-refractivity contribution >= 4 is 35.0 Å². The molecule has 0 saturated heterocycles. The topological polar surface area (TPSA) is 40.5 Å². The lowest BCUT2D eigenvalue weighted by molar-refractivity contribution is -0.0465. The number of halogens is 2. The fourth-order valence-corrected chi connectivity index (χ4v) is 2.88. The molecule has 0 aliphatic rings. The summed E-state index contributed by atoms with van der Waals surface area (Å²) in [4.78, 5) is 1.00. The minimum absolute atomic E-state index is 0.447. The second-order valence-corrected chi connectivity index (χ2v) is 5.73. The predicted molar refractivity (Wildman–Crippen MR) is 73.9 cm³/mol. The molecular weight excluding hydrogens is 279 g/mol. The van der Waals surface area contributed by atoms with Gasteiger partial charge in [-0.1, -0.05) is 29.6 Å². The smallest absolute Gasteiger partial charge is 0.151 e. The Bertz CT molecular complexity index is 345. The van der Waals surface area contributed by atoms with Gasteiger partial charge in [0.05, 0.1) is 5.02 Å². The Labute approximate surface area is 116 Å². The van der Waals surface area contributed by atoms with E-state index in [-0.39, 0.29) is 0 Å². The van der Waals surface area contributed by atoms with Crippen LogP contribution in [0.1, 0.15) is 25.7 Å². The van der Waals surface area contributed by atoms with Gasteiger partial charge in [0.2, 0.25) is 0 Å². The Morgan fingerprint density at radius 3 is 2.59 bits per heavy atom. The number of thioether (sulfide) groups is 1. The average molecular weight is 295 g/mol. The van der Waals surface area contributed by atoms with Crippen molar-refractivity contribution < 1.29 is 10.2 Å². The maximum absolute atomic E-state index is 8.67. The Morgan fingerprint density at radius 2 is 1.88 bits per heavy atom. The number of hydrogen-bond donors (Lipinski definition) is 2. The maximum atomic E-state index is 8.67. The molecule has 0 heterocycles. The normalized spacial score (nSPS) is 11.1. The molecule has 96 valence electrons. The van der Waals surface area contributed by atoms with Crippen LogP contribution in [0.3, 0.4) is 0 Å². The molecule has 0 aliphatic heterocycles. The lowest BCUT2D eigenvalue weighted by atomic mass is 10.2. The van der Waals surface area contributed by atoms with E-state index in [1.54, 1.807) is 23.9 Å². The van der Waals surface area contributed by atoms with Crippen molar-refractivity contribution in [3.05, 3.63) is 28.2 Å². The van der Waals surface area contributed by atoms with Crippen LogP contribution in [0.2, 0.25) is 10.0 Å². The summed E-state index contributed by atoms with van der Waals surface area (Å²) in [7, 11) is 0. The largest absolute Gasteiger partial charge is 0.368 e. The van der Waals surface area contributed by atoms with E-state index in [0.29, 0.717) is 11.4 Å². The second-order valence-electron chi connectivity index (χ2n) is 3.75. The van der Waals surface area contributed by atoms with Crippen LogP contribution in [-0.4, -0.2) is 22.3 Å². The molecule has 17 heavy (non-hydrogen) atoms. The molecule has 0 fully saturated rings. The van der Waals surface area contributed by atoms with Gasteiger partial charge in [0, 0.05) is 9.92 Å². The summed E-state index contributed by atoms with van der Waals surface area (Å²) < 4.78 is 0. The van der Waals surface area contributed by atoms with Crippen LogP contribution in [-0.2, 0) is 0 Å². The first-order valence-electron chi connectivity index (χ1n) is 5.53. The first-order chi connectivity index (χ1) is 8.09. The van der Waals surface area contributed by atoms with Crippen molar-refractivity contribution in [2.45, 2.75) is 36.9 Å². The maximum Gasteiger partial charge on any atom is 0.151 e. The molecule has 5 heteroatoms. The number of unbranched alkanes of at least 4 members (excludes halogenated alkanes) is 2. The van der Waals surface area contributed by atoms with E-state index in [1.807, 2.05) is 6.07 Å². The van der Waals surface area contributed by atoms with Gasteiger partial charge in [-0.2, -0.15) is 0 Å². The lowest BCUT2D eigenvalue weighted by Gasteiger charge is -2.05. The molecule has 0 saturated carbocycles. The van der Waals surface area contributed by atoms with E-state index >= 15 is 0 Å². The molecule has 0 aliphatic carbocycles. The summed E-state index contributed by atoms with van der Waals surface area (Å²) in [5.41, 5.74) is 0. The first kappa shape index (κ1) is 15.1. The van der Waals surface area contributed by atoms with Gasteiger partial charge >= 0.3 is 0 Å². The monoisotopic (exact) mass is 294 g/mol. The molecule has 0 radical (unpaired) electrons. The highest BCUT2D eigenvalue weighted by Crippen LogP contribution is 2.30. The summed E-state index contributed by atoms with van der Waals surface area (Å²) in [6.45, 7) is 0. The quantitative estimate of drug-likeness (QED) is 0.454. The van der Waals surface area contributed by atoms with Crippen molar-refractivity contribution in [2.75, 3.05) is 5.75 Å². The van der Waals surface area contributed by atoms with Crippen LogP contribution >= 0.6 is 35.0 Å². The SMILES string of the molecule is OC(O)CCCCCSc1cc(Cl)ccc1Cl. The Balaban J connectivity index is 2.20. The summed E-state index contributed by atoms with van der Waals surface area (Å²) in [5, 5.41) is 18.8. The second kappa shape index (κ2) is 8.22. The third-order valence-electron chi connectivity index (χ3n) is 2.26. The zero-order chi connectivity index (χ0) is 12.7. The van der Waals surface area contributed by atoms with Crippen LogP contribution in [0.15, 0.2) is 23.1 Å². The van der Waals surface area contributed by atoms with Crippen LogP contribution < -0.4 is 0 Å². The zero-order valence-corrected chi connectivity index (χ0v) is 11.7. The Morgan fingerprint density at radius 1 is 1.12 bits per heavy atom. The third kappa shape index (κ3) is 6.53. The Kier molecular flexibility index (Phi) is 7.32. The van der Waals surface area contributed by atoms with Crippen LogP contribution in [0.25, 0.3) is 0 Å². The minimum Gasteiger partial charge on any atom is -0.368 e. The highest BCUT2D eigenvalue weighted by molar-refractivity contribution is 7.99. The zero-order valence-electron chi connectivity index (χ0n) is 9.40. The van der Waals surface area contributed by atoms with Gasteiger partial charge in [-0.25, -0.2) is 0 Å². The fraction of sp³-hybridized carbons (Fsp3) is 0.500. The number of aliphatic hydroxyl groups is 2. The number of benzene rings is 1. The van der Waals surface area contributed by atoms with Gasteiger partial charge in [0.15, 0.2) is 6.29 Å². The summed E-state index contributed by atoms with van der Waals surface area (Å²) >= 11 is 13.6. The van der Waals surface area contributed by atoms with Gasteiger partial charge in [-0.05, 0) is 43.2 Å². The summed E-state index contributed by atoms with van der Waals surface area (Å²) in [5.74, 6) is 0.960. The van der Waals surface area contributed by atoms with Crippen molar-refractivity contribution in [3.63, 3.8) is 0 Å². The predicted octanol–water partition coefficient (Wildman–Crippen LogP) is 3.96. The molecule has 0 amide bonds. The number of hydrogen-bond acceptors (Lipinski definition) is 3. The molecule has 0 atom stereocenters. The van der Waals surface area contributed by atoms with E-state index in [9.17, 15) is 0 Å². The lowest BCUT2D eigenvalue weighted by Crippen LogP contribution is -2.02. The third-order valence-corrected chi connectivity index (χ3v) is 4.08. The van der Waals surface area contributed by atoms with E-state index in [4.69, 9.17) is 33.4 Å². The molecule has 0 bridgehead atoms. The molecule has 2 N–H and O–H groups in total. The van der Waals surface area contributed by atoms with Gasteiger partial charge < -0.3 is 10.2 Å².